The van der Waals surface area contributed by atoms with Gasteiger partial charge in [0.15, 0.2) is 0 Å². The van der Waals surface area contributed by atoms with Gasteiger partial charge in [0.1, 0.15) is 5.65 Å². The average molecular weight is 314 g/mol. The number of pyridine rings is 1. The fraction of sp³-hybridized carbons (Fsp3) is 0.556. The molecule has 5 heteroatoms. The minimum absolute atomic E-state index is 0.0327. The van der Waals surface area contributed by atoms with Crippen LogP contribution in [0.15, 0.2) is 12.4 Å². The van der Waals surface area contributed by atoms with Crippen molar-refractivity contribution < 1.29 is 4.79 Å². The lowest BCUT2D eigenvalue weighted by Gasteiger charge is -2.34. The summed E-state index contributed by atoms with van der Waals surface area (Å²) in [4.78, 5) is 22.3. The van der Waals surface area contributed by atoms with E-state index in [0.717, 1.165) is 35.4 Å². The molecule has 0 aliphatic carbocycles. The van der Waals surface area contributed by atoms with Crippen LogP contribution in [0.4, 0.5) is 11.4 Å². The molecule has 1 aliphatic rings. The number of amides is 1. The van der Waals surface area contributed by atoms with Gasteiger partial charge in [0, 0.05) is 31.4 Å². The largest absolute Gasteiger partial charge is 0.370 e. The summed E-state index contributed by atoms with van der Waals surface area (Å²) in [6.45, 7) is 10.3. The molecule has 124 valence electrons. The quantitative estimate of drug-likeness (QED) is 0.908. The normalized spacial score (nSPS) is 18.7. The minimum Gasteiger partial charge on any atom is -0.370 e. The Hall–Kier alpha value is -2.04. The Kier molecular flexibility index (Phi) is 4.28. The molecule has 2 aromatic heterocycles. The van der Waals surface area contributed by atoms with E-state index in [1.54, 1.807) is 0 Å². The number of aromatic nitrogens is 2. The maximum absolute atomic E-state index is 12.1. The van der Waals surface area contributed by atoms with Crippen LogP contribution in [0.3, 0.4) is 0 Å². The van der Waals surface area contributed by atoms with Crippen molar-refractivity contribution in [1.82, 2.24) is 9.97 Å². The number of anilines is 2. The standard InChI is InChI=1S/C18H26N4O/c1-11(2)18(23)21-14-9-20-17-15(14)16(13(4)8-19-17)22-7-5-6-12(3)10-22/h8-9,11-12H,5-7,10H2,1-4H3,(H,19,20)(H,21,23)/t12-/m1/s1. The summed E-state index contributed by atoms with van der Waals surface area (Å²) < 4.78 is 0. The van der Waals surface area contributed by atoms with Crippen LogP contribution in [0.2, 0.25) is 0 Å². The molecule has 1 amide bonds. The highest BCUT2D eigenvalue weighted by Gasteiger charge is 2.23. The van der Waals surface area contributed by atoms with Gasteiger partial charge in [-0.25, -0.2) is 4.98 Å². The fourth-order valence-corrected chi connectivity index (χ4v) is 3.35. The monoisotopic (exact) mass is 314 g/mol. The molecular weight excluding hydrogens is 288 g/mol. The molecule has 0 radical (unpaired) electrons. The maximum atomic E-state index is 12.1. The fourth-order valence-electron chi connectivity index (χ4n) is 3.35. The first kappa shape index (κ1) is 15.8. The van der Waals surface area contributed by atoms with Crippen molar-refractivity contribution in [2.45, 2.75) is 40.5 Å². The molecule has 0 spiro atoms. The number of carbonyl (C=O) groups is 1. The van der Waals surface area contributed by atoms with Crippen LogP contribution in [0, 0.1) is 18.8 Å². The second kappa shape index (κ2) is 6.22. The van der Waals surface area contributed by atoms with Crippen LogP contribution in [0.5, 0.6) is 0 Å². The van der Waals surface area contributed by atoms with Crippen molar-refractivity contribution in [2.24, 2.45) is 11.8 Å². The molecule has 3 rings (SSSR count). The number of aryl methyl sites for hydroxylation is 1. The lowest BCUT2D eigenvalue weighted by Crippen LogP contribution is -2.35. The van der Waals surface area contributed by atoms with E-state index in [0.29, 0.717) is 5.92 Å². The summed E-state index contributed by atoms with van der Waals surface area (Å²) in [6.07, 6.45) is 6.27. The number of hydrogen-bond donors (Lipinski definition) is 2. The summed E-state index contributed by atoms with van der Waals surface area (Å²) in [6, 6.07) is 0. The topological polar surface area (TPSA) is 61.0 Å². The van der Waals surface area contributed by atoms with Crippen LogP contribution in [0.1, 0.15) is 39.2 Å². The van der Waals surface area contributed by atoms with E-state index in [-0.39, 0.29) is 11.8 Å². The molecule has 1 saturated heterocycles. The molecular formula is C18H26N4O. The second-order valence-corrected chi connectivity index (χ2v) is 7.05. The van der Waals surface area contributed by atoms with Gasteiger partial charge in [0.05, 0.1) is 16.8 Å². The number of fused-ring (bicyclic) bond motifs is 1. The Balaban J connectivity index is 2.06. The van der Waals surface area contributed by atoms with Crippen molar-refractivity contribution in [3.63, 3.8) is 0 Å². The second-order valence-electron chi connectivity index (χ2n) is 7.05. The van der Waals surface area contributed by atoms with Crippen molar-refractivity contribution in [3.05, 3.63) is 18.0 Å². The number of nitrogens with one attached hydrogen (secondary N) is 2. The average Bonchev–Trinajstić information content (AvgIpc) is 2.90. The molecule has 1 fully saturated rings. The predicted molar refractivity (Wildman–Crippen MR) is 94.9 cm³/mol. The van der Waals surface area contributed by atoms with Crippen molar-refractivity contribution in [2.75, 3.05) is 23.3 Å². The number of hydrogen-bond acceptors (Lipinski definition) is 3. The van der Waals surface area contributed by atoms with Gasteiger partial charge in [-0.1, -0.05) is 20.8 Å². The van der Waals surface area contributed by atoms with Gasteiger partial charge in [-0.05, 0) is 31.2 Å². The number of nitrogens with zero attached hydrogens (tertiary/aromatic N) is 2. The van der Waals surface area contributed by atoms with E-state index < -0.39 is 0 Å². The molecule has 2 N–H and O–H groups in total. The highest BCUT2D eigenvalue weighted by atomic mass is 16.1. The first-order chi connectivity index (χ1) is 11.0. The number of H-pyrrole nitrogens is 1. The third kappa shape index (κ3) is 3.05. The maximum Gasteiger partial charge on any atom is 0.226 e. The van der Waals surface area contributed by atoms with Crippen molar-refractivity contribution >= 4 is 28.3 Å². The van der Waals surface area contributed by atoms with Crippen LogP contribution in [-0.4, -0.2) is 29.0 Å². The lowest BCUT2D eigenvalue weighted by atomic mass is 9.98. The number of aromatic amines is 1. The molecule has 0 unspecified atom stereocenters. The molecule has 0 saturated carbocycles. The number of piperidine rings is 1. The van der Waals surface area contributed by atoms with E-state index >= 15 is 0 Å². The third-order valence-electron chi connectivity index (χ3n) is 4.61. The van der Waals surface area contributed by atoms with Crippen LogP contribution < -0.4 is 10.2 Å². The van der Waals surface area contributed by atoms with Crippen LogP contribution >= 0.6 is 0 Å². The Morgan fingerprint density at radius 2 is 2.26 bits per heavy atom. The Morgan fingerprint density at radius 3 is 2.96 bits per heavy atom. The zero-order chi connectivity index (χ0) is 16.6. The first-order valence-corrected chi connectivity index (χ1v) is 8.50. The van der Waals surface area contributed by atoms with E-state index in [1.807, 2.05) is 26.2 Å². The van der Waals surface area contributed by atoms with Gasteiger partial charge < -0.3 is 15.2 Å². The highest BCUT2D eigenvalue weighted by molar-refractivity contribution is 6.07. The molecule has 23 heavy (non-hydrogen) atoms. The molecule has 1 aliphatic heterocycles. The van der Waals surface area contributed by atoms with E-state index in [4.69, 9.17) is 0 Å². The zero-order valence-corrected chi connectivity index (χ0v) is 14.4. The van der Waals surface area contributed by atoms with Crippen molar-refractivity contribution in [1.29, 1.82) is 0 Å². The third-order valence-corrected chi connectivity index (χ3v) is 4.61. The van der Waals surface area contributed by atoms with Gasteiger partial charge in [0.2, 0.25) is 5.91 Å². The van der Waals surface area contributed by atoms with E-state index in [1.165, 1.54) is 18.5 Å². The summed E-state index contributed by atoms with van der Waals surface area (Å²) in [5, 5.41) is 4.08. The zero-order valence-electron chi connectivity index (χ0n) is 14.4. The molecule has 0 bridgehead atoms. The molecule has 1 atom stereocenters. The molecule has 5 nitrogen and oxygen atoms in total. The Labute approximate surface area is 137 Å². The molecule has 2 aromatic rings. The predicted octanol–water partition coefficient (Wildman–Crippen LogP) is 3.70. The number of carbonyl (C=O) groups excluding carboxylic acids is 1. The Bertz CT molecular complexity index is 719. The van der Waals surface area contributed by atoms with Gasteiger partial charge in [-0.3, -0.25) is 4.79 Å². The van der Waals surface area contributed by atoms with Crippen molar-refractivity contribution in [3.8, 4) is 0 Å². The summed E-state index contributed by atoms with van der Waals surface area (Å²) in [5.74, 6) is 0.681. The number of rotatable bonds is 3. The lowest BCUT2D eigenvalue weighted by molar-refractivity contribution is -0.118. The van der Waals surface area contributed by atoms with Gasteiger partial charge >= 0.3 is 0 Å². The first-order valence-electron chi connectivity index (χ1n) is 8.50. The van der Waals surface area contributed by atoms with Crippen LogP contribution in [0.25, 0.3) is 11.0 Å². The summed E-state index contributed by atoms with van der Waals surface area (Å²) >= 11 is 0. The van der Waals surface area contributed by atoms with E-state index in [9.17, 15) is 4.79 Å². The summed E-state index contributed by atoms with van der Waals surface area (Å²) in [5.41, 5.74) is 4.04. The highest BCUT2D eigenvalue weighted by Crippen LogP contribution is 2.36. The smallest absolute Gasteiger partial charge is 0.226 e. The molecule has 3 heterocycles. The molecule has 0 aromatic carbocycles. The van der Waals surface area contributed by atoms with E-state index in [2.05, 4.69) is 34.0 Å². The van der Waals surface area contributed by atoms with Gasteiger partial charge in [-0.2, -0.15) is 0 Å². The Morgan fingerprint density at radius 1 is 1.48 bits per heavy atom. The summed E-state index contributed by atoms with van der Waals surface area (Å²) in [7, 11) is 0. The van der Waals surface area contributed by atoms with Gasteiger partial charge in [0.25, 0.3) is 0 Å². The van der Waals surface area contributed by atoms with Crippen LogP contribution in [-0.2, 0) is 4.79 Å². The SMILES string of the molecule is Cc1cnc2[nH]cc(NC(=O)C(C)C)c2c1N1CCC[C@@H](C)C1. The minimum atomic E-state index is -0.0452. The van der Waals surface area contributed by atoms with Gasteiger partial charge in [-0.15, -0.1) is 0 Å².